The van der Waals surface area contributed by atoms with E-state index in [2.05, 4.69) is 5.09 Å². The Kier molecular flexibility index (Phi) is 13.1. The molecule has 0 spiro atoms. The van der Waals surface area contributed by atoms with Crippen molar-refractivity contribution >= 4 is 36.8 Å². The van der Waals surface area contributed by atoms with Gasteiger partial charge in [0.15, 0.2) is 35.6 Å². The van der Waals surface area contributed by atoms with Crippen LogP contribution in [0.2, 0.25) is 0 Å². The number of aliphatic hydroxyl groups is 2. The van der Waals surface area contributed by atoms with Gasteiger partial charge in [-0.2, -0.15) is 0 Å². The van der Waals surface area contributed by atoms with E-state index in [1.54, 1.807) is 35.9 Å². The largest absolute Gasteiger partial charge is 0.502 e. The number of esters is 1. The molecule has 1 unspecified atom stereocenters. The number of alkyl halides is 2. The molecule has 8 rings (SSSR count). The Labute approximate surface area is 333 Å². The molecule has 2 aromatic rings. The monoisotopic (exact) mass is 848 g/mol. The van der Waals surface area contributed by atoms with Gasteiger partial charge in [0, 0.05) is 43.2 Å². The molecule has 2 aromatic carbocycles. The van der Waals surface area contributed by atoms with E-state index in [0.29, 0.717) is 59.6 Å². The molecule has 0 radical (unpaired) electrons. The fraction of sp³-hybridized carbons (Fsp3) is 0.639. The van der Waals surface area contributed by atoms with Crippen LogP contribution in [0, 0.1) is 11.8 Å². The zero-order valence-electron chi connectivity index (χ0n) is 31.0. The summed E-state index contributed by atoms with van der Waals surface area (Å²) in [6, 6.07) is 6.93. The number of aliphatic hydroxyl groups excluding tert-OH is 2. The SMILES string of the molecule is COc1cc([C@@H]2c3cc4c(cc3[C@@H](O[C@@H]3O[C@@H]5CO[C@@H](C)O[C@H]5[C@H](O)[C@H]3O)[C@H]3COC(=O)[C@H]23)OCO4)cc(OC)c1O.O=P1(N(CCCl)CCCl)NCCCO1. The fourth-order valence-electron chi connectivity index (χ4n) is 8.01. The van der Waals surface area contributed by atoms with E-state index in [-0.39, 0.29) is 37.3 Å². The molecule has 0 bridgehead atoms. The van der Waals surface area contributed by atoms with Crippen LogP contribution in [0.5, 0.6) is 28.7 Å². The highest BCUT2D eigenvalue weighted by Gasteiger charge is 2.56. The molecule has 0 amide bonds. The van der Waals surface area contributed by atoms with Gasteiger partial charge in [0.2, 0.25) is 12.5 Å². The highest BCUT2D eigenvalue weighted by Crippen LogP contribution is 2.57. The van der Waals surface area contributed by atoms with Crippen molar-refractivity contribution in [3.05, 3.63) is 41.0 Å². The van der Waals surface area contributed by atoms with E-state index in [1.807, 2.05) is 0 Å². The molecule has 56 heavy (non-hydrogen) atoms. The number of carbonyl (C=O) groups excluding carboxylic acids is 1. The van der Waals surface area contributed by atoms with Crippen molar-refractivity contribution in [3.63, 3.8) is 0 Å². The normalized spacial score (nSPS) is 34.4. The van der Waals surface area contributed by atoms with Crippen molar-refractivity contribution in [3.8, 4) is 28.7 Å². The van der Waals surface area contributed by atoms with Crippen molar-refractivity contribution in [1.29, 1.82) is 0 Å². The fourth-order valence-corrected chi connectivity index (χ4v) is 10.7. The first-order chi connectivity index (χ1) is 27.0. The number of cyclic esters (lactones) is 1. The summed E-state index contributed by atoms with van der Waals surface area (Å²) in [5.41, 5.74) is 2.01. The molecular formula is C36H47Cl2N2O15P. The van der Waals surface area contributed by atoms with Gasteiger partial charge in [-0.15, -0.1) is 23.2 Å². The van der Waals surface area contributed by atoms with Gasteiger partial charge in [0.1, 0.15) is 24.4 Å². The Balaban J connectivity index is 0.000000292. The second kappa shape index (κ2) is 17.7. The van der Waals surface area contributed by atoms with Crippen LogP contribution in [-0.2, 0) is 37.6 Å². The summed E-state index contributed by atoms with van der Waals surface area (Å²) in [7, 11) is 0.0173. The van der Waals surface area contributed by atoms with E-state index in [9.17, 15) is 24.7 Å². The Morgan fingerprint density at radius 1 is 0.946 bits per heavy atom. The number of halogens is 2. The second-order valence-corrected chi connectivity index (χ2v) is 16.9. The molecule has 310 valence electrons. The van der Waals surface area contributed by atoms with Gasteiger partial charge in [-0.25, -0.2) is 9.76 Å². The number of ether oxygens (including phenoxy) is 9. The van der Waals surface area contributed by atoms with Crippen molar-refractivity contribution in [2.45, 2.75) is 62.4 Å². The molecular weight excluding hydrogens is 802 g/mol. The molecule has 5 heterocycles. The van der Waals surface area contributed by atoms with E-state index in [1.165, 1.54) is 14.2 Å². The lowest BCUT2D eigenvalue weighted by Gasteiger charge is -2.47. The molecule has 17 nitrogen and oxygen atoms in total. The number of hydrogen-bond donors (Lipinski definition) is 4. The molecule has 11 atom stereocenters. The summed E-state index contributed by atoms with van der Waals surface area (Å²) in [4.78, 5) is 13.4. The van der Waals surface area contributed by atoms with Crippen LogP contribution >= 0.6 is 30.9 Å². The minimum Gasteiger partial charge on any atom is -0.502 e. The molecule has 4 N–H and O–H groups in total. The molecule has 4 fully saturated rings. The van der Waals surface area contributed by atoms with Crippen LogP contribution in [0.1, 0.15) is 42.1 Å². The molecule has 4 saturated heterocycles. The number of phenolic OH excluding ortho intramolecular Hbond substituents is 1. The Hall–Kier alpha value is -2.64. The summed E-state index contributed by atoms with van der Waals surface area (Å²) in [5.74, 6) is -0.180. The highest BCUT2D eigenvalue weighted by atomic mass is 35.5. The van der Waals surface area contributed by atoms with E-state index in [0.717, 1.165) is 13.0 Å². The van der Waals surface area contributed by atoms with Crippen LogP contribution in [-0.4, -0.2) is 135 Å². The first-order valence-electron chi connectivity index (χ1n) is 18.4. The zero-order chi connectivity index (χ0) is 39.7. The minimum absolute atomic E-state index is 0.0301. The number of methoxy groups -OCH3 is 2. The predicted octanol–water partition coefficient (Wildman–Crippen LogP) is 3.22. The standard InChI is InChI=1S/C29H32O13.C7H15Cl2N2O2P/c1-11-36-9-20-27(40-11)24(31)25(32)29(41-20)42-26-14-7-17-16(38-10-39-17)6-13(14)21(22-15(26)8-37-28(22)33)12-4-18(34-2)23(30)19(5-12)35-3;8-2-5-11(6-3-9)14(12)10-4-1-7-13-14/h4-7,11,15,20-22,24-27,29-32H,8-10H2,1-3H3;1-7H2,(H,10,12)/t11-,15+,20-,21-,22+,24-,25-,26-,27-,29+;/m1./s1. The Morgan fingerprint density at radius 3 is 2.25 bits per heavy atom. The van der Waals surface area contributed by atoms with Crippen LogP contribution < -0.4 is 24.0 Å². The van der Waals surface area contributed by atoms with Gasteiger partial charge in [-0.05, 0) is 54.3 Å². The summed E-state index contributed by atoms with van der Waals surface area (Å²) in [6.07, 6.45) is -5.91. The first-order valence-corrected chi connectivity index (χ1v) is 21.0. The number of nitrogens with zero attached hydrogens (tertiary/aromatic N) is 1. The van der Waals surface area contributed by atoms with Crippen molar-refractivity contribution in [2.75, 3.05) is 72.2 Å². The molecule has 5 aliphatic heterocycles. The average molecular weight is 850 g/mol. The van der Waals surface area contributed by atoms with Gasteiger partial charge in [-0.3, -0.25) is 9.36 Å². The maximum Gasteiger partial charge on any atom is 0.343 e. The number of rotatable bonds is 10. The lowest BCUT2D eigenvalue weighted by molar-refractivity contribution is -0.364. The van der Waals surface area contributed by atoms with E-state index < -0.39 is 74.5 Å². The first kappa shape index (κ1) is 41.5. The van der Waals surface area contributed by atoms with E-state index >= 15 is 0 Å². The third-order valence-electron chi connectivity index (χ3n) is 10.7. The number of nitrogens with one attached hydrogen (secondary N) is 1. The number of fused-ring (bicyclic) bond motifs is 4. The van der Waals surface area contributed by atoms with Crippen LogP contribution in [0.15, 0.2) is 24.3 Å². The molecule has 0 saturated carbocycles. The topological polar surface area (TPSA) is 202 Å². The molecule has 0 aromatic heterocycles. The van der Waals surface area contributed by atoms with Gasteiger partial charge in [0.25, 0.3) is 0 Å². The molecule has 1 aliphatic carbocycles. The zero-order valence-corrected chi connectivity index (χ0v) is 33.5. The Bertz CT molecular complexity index is 1730. The summed E-state index contributed by atoms with van der Waals surface area (Å²) in [5, 5.41) is 35.4. The van der Waals surface area contributed by atoms with Gasteiger partial charge in [0.05, 0.1) is 46.1 Å². The summed E-state index contributed by atoms with van der Waals surface area (Å²) < 4.78 is 70.7. The predicted molar refractivity (Wildman–Crippen MR) is 198 cm³/mol. The van der Waals surface area contributed by atoms with Crippen molar-refractivity contribution < 1.29 is 71.8 Å². The molecule has 6 aliphatic rings. The van der Waals surface area contributed by atoms with Crippen molar-refractivity contribution in [2.24, 2.45) is 11.8 Å². The van der Waals surface area contributed by atoms with Gasteiger partial charge >= 0.3 is 13.6 Å². The third-order valence-corrected chi connectivity index (χ3v) is 13.3. The number of aromatic hydroxyl groups is 1. The van der Waals surface area contributed by atoms with Crippen molar-refractivity contribution in [1.82, 2.24) is 9.76 Å². The summed E-state index contributed by atoms with van der Waals surface area (Å²) >= 11 is 11.2. The number of benzene rings is 2. The lowest BCUT2D eigenvalue weighted by atomic mass is 9.66. The summed E-state index contributed by atoms with van der Waals surface area (Å²) in [6.45, 7) is 4.23. The van der Waals surface area contributed by atoms with E-state index in [4.69, 9.17) is 70.4 Å². The number of phenols is 1. The number of hydrogen-bond acceptors (Lipinski definition) is 15. The molecule has 20 heteroatoms. The average Bonchev–Trinajstić information content (AvgIpc) is 3.83. The highest BCUT2D eigenvalue weighted by molar-refractivity contribution is 7.54. The lowest BCUT2D eigenvalue weighted by Crippen LogP contribution is -2.63. The Morgan fingerprint density at radius 2 is 1.62 bits per heavy atom. The maximum atomic E-state index is 13.4. The number of carbonyl (C=O) groups is 1. The third kappa shape index (κ3) is 8.03. The smallest absolute Gasteiger partial charge is 0.343 e. The second-order valence-electron chi connectivity index (χ2n) is 13.9. The van der Waals surface area contributed by atoms with Crippen LogP contribution in [0.3, 0.4) is 0 Å². The quantitative estimate of drug-likeness (QED) is 0.154. The maximum absolute atomic E-state index is 13.4. The van der Waals surface area contributed by atoms with Crippen LogP contribution in [0.25, 0.3) is 0 Å². The van der Waals surface area contributed by atoms with Gasteiger partial charge < -0.3 is 62.5 Å². The van der Waals surface area contributed by atoms with Crippen LogP contribution in [0.4, 0.5) is 0 Å². The minimum atomic E-state index is -2.84. The van der Waals surface area contributed by atoms with Gasteiger partial charge in [-0.1, -0.05) is 0 Å².